The second-order valence-electron chi connectivity index (χ2n) is 2.20. The molecular formula is C6H13NO2. The second-order valence-corrected chi connectivity index (χ2v) is 2.20. The number of hydrogen-bond acceptors (Lipinski definition) is 2. The summed E-state index contributed by atoms with van der Waals surface area (Å²) >= 11 is 0. The Kier molecular flexibility index (Phi) is 4.01. The largest absolute Gasteiger partial charge is 0.265 e. The van der Waals surface area contributed by atoms with E-state index in [0.29, 0.717) is 0 Å². The van der Waals surface area contributed by atoms with Gasteiger partial charge in [-0.25, -0.2) is 0 Å². The van der Waals surface area contributed by atoms with E-state index in [4.69, 9.17) is 0 Å². The van der Waals surface area contributed by atoms with Gasteiger partial charge in [-0.2, -0.15) is 0 Å². The Hall–Kier alpha value is -0.600. The maximum absolute atomic E-state index is 9.93. The Morgan fingerprint density at radius 1 is 1.44 bits per heavy atom. The molecule has 0 aliphatic rings. The molecule has 0 heterocycles. The third-order valence-electron chi connectivity index (χ3n) is 1.56. The van der Waals surface area contributed by atoms with Gasteiger partial charge in [0.1, 0.15) is 0 Å². The number of hydrogen-bond donors (Lipinski definition) is 0. The Bertz CT molecular complexity index is 89.1. The standard InChI is InChI=1S/C6H13NO2/c1-3-6(4-2)5-7(8)9/h6H,3-5H2,1-2H3. The smallest absolute Gasteiger partial charge is 0.206 e. The van der Waals surface area contributed by atoms with Crippen molar-refractivity contribution in [2.45, 2.75) is 26.7 Å². The van der Waals surface area contributed by atoms with Gasteiger partial charge in [0.15, 0.2) is 0 Å². The average molecular weight is 131 g/mol. The Balaban J connectivity index is 3.43. The lowest BCUT2D eigenvalue weighted by molar-refractivity contribution is -0.488. The van der Waals surface area contributed by atoms with E-state index in [9.17, 15) is 10.1 Å². The zero-order chi connectivity index (χ0) is 7.28. The number of nitrogens with zero attached hydrogens (tertiary/aromatic N) is 1. The summed E-state index contributed by atoms with van der Waals surface area (Å²) < 4.78 is 0. The Morgan fingerprint density at radius 2 is 1.89 bits per heavy atom. The number of rotatable bonds is 4. The first-order chi connectivity index (χ1) is 4.20. The van der Waals surface area contributed by atoms with Crippen LogP contribution in [-0.4, -0.2) is 11.5 Å². The Morgan fingerprint density at radius 3 is 2.00 bits per heavy atom. The monoisotopic (exact) mass is 131 g/mol. The SMILES string of the molecule is CCC(CC)C[N+](=O)[O-]. The van der Waals surface area contributed by atoms with Crippen LogP contribution in [0, 0.1) is 16.0 Å². The summed E-state index contributed by atoms with van der Waals surface area (Å²) in [4.78, 5) is 9.69. The first-order valence-corrected chi connectivity index (χ1v) is 3.32. The third-order valence-corrected chi connectivity index (χ3v) is 1.56. The molecule has 0 unspecified atom stereocenters. The Labute approximate surface area is 55.2 Å². The highest BCUT2D eigenvalue weighted by Gasteiger charge is 2.08. The molecule has 0 aromatic rings. The van der Waals surface area contributed by atoms with Crippen LogP contribution >= 0.6 is 0 Å². The van der Waals surface area contributed by atoms with Crippen molar-refractivity contribution in [1.29, 1.82) is 0 Å². The van der Waals surface area contributed by atoms with Gasteiger partial charge in [0.05, 0.1) is 0 Å². The summed E-state index contributed by atoms with van der Waals surface area (Å²) in [6.07, 6.45) is 1.83. The molecule has 0 rings (SSSR count). The van der Waals surface area contributed by atoms with Crippen LogP contribution in [0.25, 0.3) is 0 Å². The van der Waals surface area contributed by atoms with Gasteiger partial charge in [-0.3, -0.25) is 10.1 Å². The summed E-state index contributed by atoms with van der Waals surface area (Å²) in [5.41, 5.74) is 0. The van der Waals surface area contributed by atoms with Crippen molar-refractivity contribution < 1.29 is 4.92 Å². The second kappa shape index (κ2) is 4.30. The number of nitro groups is 1. The minimum absolute atomic E-state index is 0.132. The topological polar surface area (TPSA) is 43.1 Å². The van der Waals surface area contributed by atoms with Crippen molar-refractivity contribution in [3.8, 4) is 0 Å². The van der Waals surface area contributed by atoms with Crippen molar-refractivity contribution in [3.63, 3.8) is 0 Å². The van der Waals surface area contributed by atoms with Crippen molar-refractivity contribution in [2.75, 3.05) is 6.54 Å². The van der Waals surface area contributed by atoms with E-state index in [-0.39, 0.29) is 17.4 Å². The summed E-state index contributed by atoms with van der Waals surface area (Å²) in [6, 6.07) is 0. The zero-order valence-electron chi connectivity index (χ0n) is 5.96. The molecule has 0 N–H and O–H groups in total. The van der Waals surface area contributed by atoms with E-state index in [0.717, 1.165) is 12.8 Å². The minimum atomic E-state index is -0.238. The molecule has 0 aromatic heterocycles. The van der Waals surface area contributed by atoms with Crippen LogP contribution in [0.1, 0.15) is 26.7 Å². The van der Waals surface area contributed by atoms with Gasteiger partial charge < -0.3 is 0 Å². The molecule has 0 radical (unpaired) electrons. The fraction of sp³-hybridized carbons (Fsp3) is 1.00. The van der Waals surface area contributed by atoms with E-state index in [2.05, 4.69) is 0 Å². The summed E-state index contributed by atoms with van der Waals surface area (Å²) in [6.45, 7) is 4.10. The van der Waals surface area contributed by atoms with Crippen LogP contribution in [-0.2, 0) is 0 Å². The molecule has 0 fully saturated rings. The first-order valence-electron chi connectivity index (χ1n) is 3.32. The molecule has 0 atom stereocenters. The van der Waals surface area contributed by atoms with Gasteiger partial charge >= 0.3 is 0 Å². The molecule has 54 valence electrons. The fourth-order valence-corrected chi connectivity index (χ4v) is 0.758. The van der Waals surface area contributed by atoms with Crippen molar-refractivity contribution in [1.82, 2.24) is 0 Å². The highest BCUT2D eigenvalue weighted by Crippen LogP contribution is 2.06. The van der Waals surface area contributed by atoms with E-state index in [1.165, 1.54) is 0 Å². The summed E-state index contributed by atoms with van der Waals surface area (Å²) in [7, 11) is 0. The molecule has 9 heavy (non-hydrogen) atoms. The predicted octanol–water partition coefficient (Wildman–Crippen LogP) is 1.70. The minimum Gasteiger partial charge on any atom is -0.265 e. The van der Waals surface area contributed by atoms with Crippen LogP contribution in [0.2, 0.25) is 0 Å². The molecule has 3 heteroatoms. The van der Waals surface area contributed by atoms with Crippen LogP contribution in [0.5, 0.6) is 0 Å². The zero-order valence-corrected chi connectivity index (χ0v) is 5.96. The van der Waals surface area contributed by atoms with Crippen molar-refractivity contribution in [3.05, 3.63) is 10.1 Å². The van der Waals surface area contributed by atoms with Crippen LogP contribution in [0.15, 0.2) is 0 Å². The highest BCUT2D eigenvalue weighted by molar-refractivity contribution is 4.50. The molecule has 0 spiro atoms. The van der Waals surface area contributed by atoms with Gasteiger partial charge in [-0.05, 0) is 12.8 Å². The maximum Gasteiger partial charge on any atom is 0.206 e. The summed E-state index contributed by atoms with van der Waals surface area (Å²) in [5, 5.41) is 9.93. The normalized spacial score (nSPS) is 10.1. The maximum atomic E-state index is 9.93. The molecule has 0 bridgehead atoms. The molecule has 0 aromatic carbocycles. The molecule has 0 aliphatic heterocycles. The molecule has 3 nitrogen and oxygen atoms in total. The molecule has 0 saturated heterocycles. The average Bonchev–Trinajstić information content (AvgIpc) is 1.82. The summed E-state index contributed by atoms with van der Waals surface area (Å²) in [5.74, 6) is 0.278. The van der Waals surface area contributed by atoms with Gasteiger partial charge in [0, 0.05) is 10.8 Å². The lowest BCUT2D eigenvalue weighted by Crippen LogP contribution is -2.11. The predicted molar refractivity (Wildman–Crippen MR) is 35.9 cm³/mol. The van der Waals surface area contributed by atoms with Crippen LogP contribution in [0.3, 0.4) is 0 Å². The lowest BCUT2D eigenvalue weighted by atomic mass is 10.0. The lowest BCUT2D eigenvalue weighted by Gasteiger charge is -2.03. The van der Waals surface area contributed by atoms with Gasteiger partial charge in [0.25, 0.3) is 0 Å². The molecule has 0 saturated carbocycles. The van der Waals surface area contributed by atoms with Crippen LogP contribution in [0.4, 0.5) is 0 Å². The fourth-order valence-electron chi connectivity index (χ4n) is 0.758. The molecular weight excluding hydrogens is 118 g/mol. The van der Waals surface area contributed by atoms with Crippen LogP contribution < -0.4 is 0 Å². The van der Waals surface area contributed by atoms with Gasteiger partial charge in [0.2, 0.25) is 6.54 Å². The van der Waals surface area contributed by atoms with E-state index in [1.54, 1.807) is 0 Å². The van der Waals surface area contributed by atoms with Crippen molar-refractivity contribution >= 4 is 0 Å². The van der Waals surface area contributed by atoms with E-state index < -0.39 is 0 Å². The quantitative estimate of drug-likeness (QED) is 0.430. The van der Waals surface area contributed by atoms with E-state index in [1.807, 2.05) is 13.8 Å². The van der Waals surface area contributed by atoms with Gasteiger partial charge in [-0.15, -0.1) is 0 Å². The molecule has 0 amide bonds. The van der Waals surface area contributed by atoms with Gasteiger partial charge in [-0.1, -0.05) is 13.8 Å². The first kappa shape index (κ1) is 8.40. The third kappa shape index (κ3) is 3.94. The molecule has 0 aliphatic carbocycles. The highest BCUT2D eigenvalue weighted by atomic mass is 16.6. The van der Waals surface area contributed by atoms with E-state index >= 15 is 0 Å². The van der Waals surface area contributed by atoms with Crippen molar-refractivity contribution in [2.24, 2.45) is 5.92 Å².